The minimum Gasteiger partial charge on any atom is -0.497 e. The van der Waals surface area contributed by atoms with Gasteiger partial charge in [0, 0.05) is 18.9 Å². The first-order chi connectivity index (χ1) is 8.96. The summed E-state index contributed by atoms with van der Waals surface area (Å²) in [5.41, 5.74) is -0.483. The molecule has 0 bridgehead atoms. The third-order valence-electron chi connectivity index (χ3n) is 2.41. The number of aliphatic hydroxyl groups is 1. The average Bonchev–Trinajstić information content (AvgIpc) is 2.37. The number of amides is 2. The number of hydrogen-bond donors (Lipinski definition) is 3. The normalized spacial score (nSPS) is 13.5. The third-order valence-corrected chi connectivity index (χ3v) is 2.41. The molecule has 2 amide bonds. The molecule has 1 aromatic rings. The smallest absolute Gasteiger partial charge is 0.319 e. The standard InChI is InChI=1S/C13H20N2O4/c1-13(17,9-18-2)8-14-12(16)15-10-5-4-6-11(7-10)19-3/h4-7,17H,8-9H2,1-3H3,(H2,14,15,16). The summed E-state index contributed by atoms with van der Waals surface area (Å²) < 4.78 is 9.90. The van der Waals surface area contributed by atoms with Crippen LogP contribution in [-0.2, 0) is 4.74 Å². The molecule has 19 heavy (non-hydrogen) atoms. The molecule has 0 heterocycles. The first kappa shape index (κ1) is 15.3. The Hall–Kier alpha value is -1.79. The molecule has 6 nitrogen and oxygen atoms in total. The van der Waals surface area contributed by atoms with Crippen molar-refractivity contribution in [3.05, 3.63) is 24.3 Å². The number of carbonyl (C=O) groups excluding carboxylic acids is 1. The zero-order valence-electron chi connectivity index (χ0n) is 11.4. The summed E-state index contributed by atoms with van der Waals surface area (Å²) in [5, 5.41) is 15.0. The van der Waals surface area contributed by atoms with Gasteiger partial charge in [-0.3, -0.25) is 0 Å². The van der Waals surface area contributed by atoms with Crippen LogP contribution in [0.3, 0.4) is 0 Å². The molecular formula is C13H20N2O4. The first-order valence-electron chi connectivity index (χ1n) is 5.87. The number of rotatable bonds is 6. The highest BCUT2D eigenvalue weighted by molar-refractivity contribution is 5.89. The Morgan fingerprint density at radius 3 is 2.79 bits per heavy atom. The van der Waals surface area contributed by atoms with Crippen LogP contribution in [0.2, 0.25) is 0 Å². The van der Waals surface area contributed by atoms with E-state index in [1.165, 1.54) is 7.11 Å². The molecule has 1 rings (SSSR count). The van der Waals surface area contributed by atoms with E-state index in [-0.39, 0.29) is 13.2 Å². The second kappa shape index (κ2) is 6.96. The van der Waals surface area contributed by atoms with Crippen LogP contribution in [0, 0.1) is 0 Å². The summed E-state index contributed by atoms with van der Waals surface area (Å²) in [6.07, 6.45) is 0. The van der Waals surface area contributed by atoms with E-state index in [0.29, 0.717) is 11.4 Å². The molecule has 0 radical (unpaired) electrons. The molecule has 0 aliphatic heterocycles. The second-order valence-corrected chi connectivity index (χ2v) is 4.47. The van der Waals surface area contributed by atoms with E-state index in [9.17, 15) is 9.90 Å². The van der Waals surface area contributed by atoms with Gasteiger partial charge >= 0.3 is 6.03 Å². The monoisotopic (exact) mass is 268 g/mol. The molecule has 1 atom stereocenters. The van der Waals surface area contributed by atoms with Gasteiger partial charge in [-0.15, -0.1) is 0 Å². The van der Waals surface area contributed by atoms with E-state index in [0.717, 1.165) is 0 Å². The van der Waals surface area contributed by atoms with E-state index >= 15 is 0 Å². The number of nitrogens with one attached hydrogen (secondary N) is 2. The Bertz CT molecular complexity index is 421. The highest BCUT2D eigenvalue weighted by atomic mass is 16.5. The van der Waals surface area contributed by atoms with E-state index in [4.69, 9.17) is 9.47 Å². The van der Waals surface area contributed by atoms with Crippen LogP contribution < -0.4 is 15.4 Å². The lowest BCUT2D eigenvalue weighted by atomic mass is 10.1. The fourth-order valence-electron chi connectivity index (χ4n) is 1.51. The molecule has 106 valence electrons. The van der Waals surface area contributed by atoms with Crippen LogP contribution in [-0.4, -0.2) is 44.1 Å². The van der Waals surface area contributed by atoms with Gasteiger partial charge in [0.2, 0.25) is 0 Å². The molecule has 0 aliphatic rings. The highest BCUT2D eigenvalue weighted by Crippen LogP contribution is 2.16. The van der Waals surface area contributed by atoms with Gasteiger partial charge in [-0.05, 0) is 19.1 Å². The maximum Gasteiger partial charge on any atom is 0.319 e. The third kappa shape index (κ3) is 5.58. The predicted octanol–water partition coefficient (Wildman–Crippen LogP) is 1.21. The SMILES string of the molecule is COCC(C)(O)CNC(=O)Nc1cccc(OC)c1. The zero-order valence-corrected chi connectivity index (χ0v) is 11.4. The van der Waals surface area contributed by atoms with Crippen LogP contribution in [0.4, 0.5) is 10.5 Å². The molecule has 0 aliphatic carbocycles. The number of hydrogen-bond acceptors (Lipinski definition) is 4. The van der Waals surface area contributed by atoms with Gasteiger partial charge in [0.25, 0.3) is 0 Å². The summed E-state index contributed by atoms with van der Waals surface area (Å²) in [6.45, 7) is 1.82. The average molecular weight is 268 g/mol. The maximum absolute atomic E-state index is 11.6. The van der Waals surface area contributed by atoms with Crippen molar-refractivity contribution in [3.63, 3.8) is 0 Å². The number of urea groups is 1. The fraction of sp³-hybridized carbons (Fsp3) is 0.462. The summed E-state index contributed by atoms with van der Waals surface area (Å²) in [5.74, 6) is 0.657. The van der Waals surface area contributed by atoms with Crippen LogP contribution in [0.15, 0.2) is 24.3 Å². The second-order valence-electron chi connectivity index (χ2n) is 4.47. The number of ether oxygens (including phenoxy) is 2. The lowest BCUT2D eigenvalue weighted by Crippen LogP contribution is -2.45. The largest absolute Gasteiger partial charge is 0.497 e. The molecule has 3 N–H and O–H groups in total. The van der Waals surface area contributed by atoms with E-state index < -0.39 is 11.6 Å². The predicted molar refractivity (Wildman–Crippen MR) is 72.5 cm³/mol. The Morgan fingerprint density at radius 2 is 2.16 bits per heavy atom. The van der Waals surface area contributed by atoms with Gasteiger partial charge in [-0.1, -0.05) is 6.07 Å². The molecule has 0 saturated carbocycles. The topological polar surface area (TPSA) is 79.8 Å². The maximum atomic E-state index is 11.6. The zero-order chi connectivity index (χ0) is 14.3. The minimum absolute atomic E-state index is 0.0939. The molecule has 0 saturated heterocycles. The van der Waals surface area contributed by atoms with Crippen LogP contribution >= 0.6 is 0 Å². The summed E-state index contributed by atoms with van der Waals surface area (Å²) >= 11 is 0. The number of carbonyl (C=O) groups is 1. The molecule has 6 heteroatoms. The van der Waals surface area contributed by atoms with Crippen LogP contribution in [0.25, 0.3) is 0 Å². The Balaban J connectivity index is 2.46. The van der Waals surface area contributed by atoms with Crippen molar-refractivity contribution in [1.29, 1.82) is 0 Å². The van der Waals surface area contributed by atoms with E-state index in [1.54, 1.807) is 38.3 Å². The van der Waals surface area contributed by atoms with Crippen molar-refractivity contribution in [1.82, 2.24) is 5.32 Å². The van der Waals surface area contributed by atoms with E-state index in [2.05, 4.69) is 10.6 Å². The van der Waals surface area contributed by atoms with Crippen molar-refractivity contribution < 1.29 is 19.4 Å². The van der Waals surface area contributed by atoms with Crippen molar-refractivity contribution in [3.8, 4) is 5.75 Å². The fourth-order valence-corrected chi connectivity index (χ4v) is 1.51. The van der Waals surface area contributed by atoms with Gasteiger partial charge in [0.1, 0.15) is 11.4 Å². The minimum atomic E-state index is -1.10. The number of methoxy groups -OCH3 is 2. The van der Waals surface area contributed by atoms with Gasteiger partial charge < -0.3 is 25.2 Å². The molecule has 1 unspecified atom stereocenters. The summed E-state index contributed by atoms with van der Waals surface area (Å²) in [4.78, 5) is 11.6. The highest BCUT2D eigenvalue weighted by Gasteiger charge is 2.20. The van der Waals surface area contributed by atoms with Crippen LogP contribution in [0.1, 0.15) is 6.92 Å². The quantitative estimate of drug-likeness (QED) is 0.724. The number of anilines is 1. The Morgan fingerprint density at radius 1 is 1.42 bits per heavy atom. The summed E-state index contributed by atoms with van der Waals surface area (Å²) in [7, 11) is 3.05. The number of benzene rings is 1. The summed E-state index contributed by atoms with van der Waals surface area (Å²) in [6, 6.07) is 6.61. The van der Waals surface area contributed by atoms with Gasteiger partial charge in [-0.2, -0.15) is 0 Å². The van der Waals surface area contributed by atoms with Gasteiger partial charge in [-0.25, -0.2) is 4.79 Å². The van der Waals surface area contributed by atoms with Crippen LogP contribution in [0.5, 0.6) is 5.75 Å². The van der Waals surface area contributed by atoms with Gasteiger partial charge in [0.15, 0.2) is 0 Å². The molecule has 1 aromatic carbocycles. The van der Waals surface area contributed by atoms with Gasteiger partial charge in [0.05, 0.1) is 20.3 Å². The van der Waals surface area contributed by atoms with Crippen molar-refractivity contribution in [2.45, 2.75) is 12.5 Å². The van der Waals surface area contributed by atoms with E-state index in [1.807, 2.05) is 0 Å². The molecule has 0 aromatic heterocycles. The lowest BCUT2D eigenvalue weighted by molar-refractivity contribution is -0.0133. The lowest BCUT2D eigenvalue weighted by Gasteiger charge is -2.22. The van der Waals surface area contributed by atoms with Crippen molar-refractivity contribution >= 4 is 11.7 Å². The Kier molecular flexibility index (Phi) is 5.59. The molecular weight excluding hydrogens is 248 g/mol. The molecule has 0 spiro atoms. The van der Waals surface area contributed by atoms with Crippen molar-refractivity contribution in [2.24, 2.45) is 0 Å². The van der Waals surface area contributed by atoms with Crippen molar-refractivity contribution in [2.75, 3.05) is 32.7 Å². The molecule has 0 fully saturated rings. The Labute approximate surface area is 112 Å². The first-order valence-corrected chi connectivity index (χ1v) is 5.87.